The van der Waals surface area contributed by atoms with Gasteiger partial charge >= 0.3 is 6.03 Å². The predicted octanol–water partition coefficient (Wildman–Crippen LogP) is 2.30. The number of barbiturate groups is 1. The minimum absolute atomic E-state index is 0.221. The fraction of sp³-hybridized carbons (Fsp3) is 0.158. The van der Waals surface area contributed by atoms with E-state index in [2.05, 4.69) is 10.3 Å². The minimum Gasteiger partial charge on any atom is -0.497 e. The number of urea groups is 1. The van der Waals surface area contributed by atoms with Crippen LogP contribution in [0.5, 0.6) is 5.75 Å². The molecule has 7 nitrogen and oxygen atoms in total. The number of aliphatic imine (C=N–C) groups is 1. The van der Waals surface area contributed by atoms with Crippen molar-refractivity contribution in [2.24, 2.45) is 10.9 Å². The molecule has 1 saturated heterocycles. The molecule has 3 rings (SSSR count). The van der Waals surface area contributed by atoms with Gasteiger partial charge in [0.15, 0.2) is 5.92 Å². The maximum Gasteiger partial charge on any atom is 0.335 e. The summed E-state index contributed by atoms with van der Waals surface area (Å²) in [5.41, 5.74) is 0.624. The Morgan fingerprint density at radius 2 is 1.85 bits per heavy atom. The minimum atomic E-state index is -1.32. The van der Waals surface area contributed by atoms with Crippen LogP contribution in [0, 0.1) is 11.7 Å². The van der Waals surface area contributed by atoms with Crippen LogP contribution in [0.2, 0.25) is 0 Å². The lowest BCUT2D eigenvalue weighted by Crippen LogP contribution is -2.58. The third kappa shape index (κ3) is 3.84. The quantitative estimate of drug-likeness (QED) is 0.647. The molecule has 1 N–H and O–H groups in total. The van der Waals surface area contributed by atoms with Crippen LogP contribution < -0.4 is 15.0 Å². The topological polar surface area (TPSA) is 88.1 Å². The molecular weight excluding hydrogens is 353 g/mol. The maximum atomic E-state index is 14.0. The summed E-state index contributed by atoms with van der Waals surface area (Å²) in [4.78, 5) is 41.4. The average Bonchev–Trinajstić information content (AvgIpc) is 2.66. The third-order valence-corrected chi connectivity index (χ3v) is 3.98. The highest BCUT2D eigenvalue weighted by Gasteiger charge is 2.41. The van der Waals surface area contributed by atoms with E-state index in [-0.39, 0.29) is 12.2 Å². The van der Waals surface area contributed by atoms with Crippen LogP contribution in [-0.4, -0.2) is 31.2 Å². The molecule has 1 heterocycles. The molecule has 1 unspecified atom stereocenters. The van der Waals surface area contributed by atoms with Crippen molar-refractivity contribution >= 4 is 29.7 Å². The molecule has 1 aliphatic rings. The van der Waals surface area contributed by atoms with Gasteiger partial charge in [0.2, 0.25) is 5.91 Å². The molecule has 8 heteroatoms. The van der Waals surface area contributed by atoms with E-state index < -0.39 is 29.6 Å². The van der Waals surface area contributed by atoms with Crippen LogP contribution in [0.25, 0.3) is 0 Å². The number of anilines is 1. The fourth-order valence-corrected chi connectivity index (χ4v) is 2.58. The van der Waals surface area contributed by atoms with Crippen LogP contribution in [0.3, 0.4) is 0 Å². The lowest BCUT2D eigenvalue weighted by atomic mass is 10.1. The predicted molar refractivity (Wildman–Crippen MR) is 96.1 cm³/mol. The zero-order valence-corrected chi connectivity index (χ0v) is 14.4. The fourth-order valence-electron chi connectivity index (χ4n) is 2.58. The molecule has 1 atom stereocenters. The second-order valence-corrected chi connectivity index (χ2v) is 5.73. The van der Waals surface area contributed by atoms with Crippen LogP contribution in [0.1, 0.15) is 5.56 Å². The van der Waals surface area contributed by atoms with Gasteiger partial charge < -0.3 is 4.74 Å². The Balaban J connectivity index is 1.77. The highest BCUT2D eigenvalue weighted by Crippen LogP contribution is 2.23. The van der Waals surface area contributed by atoms with Crippen molar-refractivity contribution in [3.8, 4) is 5.75 Å². The van der Waals surface area contributed by atoms with Crippen molar-refractivity contribution in [3.05, 3.63) is 59.9 Å². The molecule has 2 aromatic rings. The number of rotatable bonds is 5. The number of halogens is 1. The molecule has 0 bridgehead atoms. The second kappa shape index (κ2) is 7.77. The van der Waals surface area contributed by atoms with Gasteiger partial charge in [0.25, 0.3) is 5.91 Å². The summed E-state index contributed by atoms with van der Waals surface area (Å²) >= 11 is 0. The van der Waals surface area contributed by atoms with Crippen molar-refractivity contribution in [2.75, 3.05) is 12.0 Å². The van der Waals surface area contributed by atoms with Crippen molar-refractivity contribution in [3.63, 3.8) is 0 Å². The van der Waals surface area contributed by atoms with Gasteiger partial charge in [-0.1, -0.05) is 24.3 Å². The molecule has 2 aromatic carbocycles. The Kier molecular flexibility index (Phi) is 5.25. The third-order valence-electron chi connectivity index (χ3n) is 3.98. The largest absolute Gasteiger partial charge is 0.497 e. The zero-order chi connectivity index (χ0) is 19.4. The number of nitrogens with zero attached hydrogens (tertiary/aromatic N) is 2. The Bertz CT molecular complexity index is 911. The number of imide groups is 2. The van der Waals surface area contributed by atoms with Crippen molar-refractivity contribution in [1.29, 1.82) is 0 Å². The van der Waals surface area contributed by atoms with E-state index in [0.717, 1.165) is 11.6 Å². The first-order chi connectivity index (χ1) is 13.0. The van der Waals surface area contributed by atoms with E-state index >= 15 is 0 Å². The molecule has 0 radical (unpaired) electrons. The van der Waals surface area contributed by atoms with Gasteiger partial charge in [0.1, 0.15) is 11.6 Å². The zero-order valence-electron chi connectivity index (χ0n) is 14.4. The molecule has 0 spiro atoms. The van der Waals surface area contributed by atoms with Crippen molar-refractivity contribution < 1.29 is 23.5 Å². The van der Waals surface area contributed by atoms with E-state index in [4.69, 9.17) is 4.74 Å². The standard InChI is InChI=1S/C19H16FN3O4/c1-27-13-8-6-12(7-9-13)10-21-11-14-17(24)22-19(26)23(18(14)25)16-5-3-2-4-15(16)20/h2-9,11,14H,10H2,1H3,(H,22,24,26). The van der Waals surface area contributed by atoms with Gasteiger partial charge in [-0.15, -0.1) is 0 Å². The summed E-state index contributed by atoms with van der Waals surface area (Å²) in [6, 6.07) is 11.5. The number of ether oxygens (including phenoxy) is 1. The number of amides is 4. The van der Waals surface area contributed by atoms with Crippen LogP contribution in [-0.2, 0) is 16.1 Å². The molecule has 1 fully saturated rings. The van der Waals surface area contributed by atoms with E-state index in [1.807, 2.05) is 0 Å². The number of carbonyl (C=O) groups is 3. The molecule has 27 heavy (non-hydrogen) atoms. The number of carbonyl (C=O) groups excluding carboxylic acids is 3. The number of methoxy groups -OCH3 is 1. The van der Waals surface area contributed by atoms with Gasteiger partial charge in [-0.3, -0.25) is 19.9 Å². The van der Waals surface area contributed by atoms with Gasteiger partial charge in [-0.2, -0.15) is 0 Å². The first kappa shape index (κ1) is 18.2. The number of hydrogen-bond acceptors (Lipinski definition) is 5. The van der Waals surface area contributed by atoms with E-state index in [0.29, 0.717) is 10.6 Å². The van der Waals surface area contributed by atoms with E-state index in [9.17, 15) is 18.8 Å². The van der Waals surface area contributed by atoms with E-state index in [1.54, 1.807) is 31.4 Å². The molecular formula is C19H16FN3O4. The highest BCUT2D eigenvalue weighted by molar-refractivity contribution is 6.32. The monoisotopic (exact) mass is 369 g/mol. The summed E-state index contributed by atoms with van der Waals surface area (Å²) in [5.74, 6) is -3.02. The summed E-state index contributed by atoms with van der Waals surface area (Å²) < 4.78 is 19.0. The number of para-hydroxylation sites is 1. The number of benzene rings is 2. The normalized spacial score (nSPS) is 17.3. The molecule has 0 aromatic heterocycles. The first-order valence-corrected chi connectivity index (χ1v) is 8.07. The number of nitrogens with one attached hydrogen (secondary N) is 1. The van der Waals surface area contributed by atoms with Gasteiger partial charge in [0.05, 0.1) is 19.3 Å². The van der Waals surface area contributed by atoms with Crippen LogP contribution in [0.15, 0.2) is 53.5 Å². The van der Waals surface area contributed by atoms with E-state index in [1.165, 1.54) is 24.4 Å². The lowest BCUT2D eigenvalue weighted by molar-refractivity contribution is -0.131. The summed E-state index contributed by atoms with van der Waals surface area (Å²) in [7, 11) is 1.56. The summed E-state index contributed by atoms with van der Waals surface area (Å²) in [6.07, 6.45) is 1.17. The Morgan fingerprint density at radius 3 is 2.52 bits per heavy atom. The SMILES string of the molecule is COc1ccc(CN=CC2C(=O)NC(=O)N(c3ccccc3F)C2=O)cc1. The molecule has 138 valence electrons. The lowest BCUT2D eigenvalue weighted by Gasteiger charge is -2.28. The van der Waals surface area contributed by atoms with Gasteiger partial charge in [0, 0.05) is 6.21 Å². The van der Waals surface area contributed by atoms with Crippen LogP contribution in [0.4, 0.5) is 14.9 Å². The Hall–Kier alpha value is -3.55. The highest BCUT2D eigenvalue weighted by atomic mass is 19.1. The number of hydrogen-bond donors (Lipinski definition) is 1. The van der Waals surface area contributed by atoms with Gasteiger partial charge in [-0.05, 0) is 29.8 Å². The van der Waals surface area contributed by atoms with Crippen molar-refractivity contribution in [2.45, 2.75) is 6.54 Å². The summed E-state index contributed by atoms with van der Waals surface area (Å²) in [5, 5.41) is 2.05. The Labute approximate surface area is 154 Å². The van der Waals surface area contributed by atoms with Crippen LogP contribution >= 0.6 is 0 Å². The molecule has 1 aliphatic heterocycles. The first-order valence-electron chi connectivity index (χ1n) is 8.07. The summed E-state index contributed by atoms with van der Waals surface area (Å²) in [6.45, 7) is 0.231. The van der Waals surface area contributed by atoms with Gasteiger partial charge in [-0.25, -0.2) is 14.1 Å². The van der Waals surface area contributed by atoms with Crippen molar-refractivity contribution in [1.82, 2.24) is 5.32 Å². The smallest absolute Gasteiger partial charge is 0.335 e. The maximum absolute atomic E-state index is 14.0. The molecule has 0 saturated carbocycles. The average molecular weight is 369 g/mol. The second-order valence-electron chi connectivity index (χ2n) is 5.73. The molecule has 4 amide bonds. The Morgan fingerprint density at radius 1 is 1.15 bits per heavy atom. The molecule has 0 aliphatic carbocycles.